The molecule has 2 aliphatic rings. The van der Waals surface area contributed by atoms with E-state index in [2.05, 4.69) is 12.2 Å². The molecule has 2 aromatic rings. The zero-order chi connectivity index (χ0) is 18.6. The molecule has 142 valence electrons. The third kappa shape index (κ3) is 3.72. The summed E-state index contributed by atoms with van der Waals surface area (Å²) < 4.78 is 11.9. The Hall–Kier alpha value is -2.33. The second kappa shape index (κ2) is 8.13. The number of carbonyl (C=O) groups excluding carboxylic acids is 1. The number of carbonyl (C=O) groups is 1. The molecule has 4 rings (SSSR count). The average molecular weight is 365 g/mol. The molecular weight excluding hydrogens is 338 g/mol. The Bertz CT molecular complexity index is 824. The first-order valence-electron chi connectivity index (χ1n) is 10.1. The van der Waals surface area contributed by atoms with Gasteiger partial charge in [0, 0.05) is 22.7 Å². The highest BCUT2D eigenvalue weighted by atomic mass is 16.5. The molecule has 27 heavy (non-hydrogen) atoms. The van der Waals surface area contributed by atoms with Gasteiger partial charge < -0.3 is 14.8 Å². The van der Waals surface area contributed by atoms with Gasteiger partial charge in [-0.2, -0.15) is 0 Å². The minimum absolute atomic E-state index is 0.0591. The van der Waals surface area contributed by atoms with Crippen LogP contribution in [0.25, 0.3) is 11.1 Å². The molecule has 1 heterocycles. The number of hydrogen-bond acceptors (Lipinski definition) is 4. The fraction of sp³-hybridized carbons (Fsp3) is 0.435. The molecule has 0 aromatic heterocycles. The van der Waals surface area contributed by atoms with E-state index >= 15 is 0 Å². The maximum absolute atomic E-state index is 12.9. The first-order valence-corrected chi connectivity index (χ1v) is 10.1. The molecule has 0 spiro atoms. The van der Waals surface area contributed by atoms with E-state index in [1.54, 1.807) is 0 Å². The smallest absolute Gasteiger partial charge is 0.194 e. The number of rotatable bonds is 8. The molecule has 0 bridgehead atoms. The fourth-order valence-electron chi connectivity index (χ4n) is 3.93. The monoisotopic (exact) mass is 365 g/mol. The van der Waals surface area contributed by atoms with Crippen molar-refractivity contribution >= 4 is 5.78 Å². The number of unbranched alkanes of at least 4 members (excludes halogenated alkanes) is 1. The van der Waals surface area contributed by atoms with Crippen molar-refractivity contribution in [2.24, 2.45) is 0 Å². The Kier molecular flexibility index (Phi) is 5.44. The predicted octanol–water partition coefficient (Wildman–Crippen LogP) is 4.60. The first kappa shape index (κ1) is 18.1. The summed E-state index contributed by atoms with van der Waals surface area (Å²) in [5.41, 5.74) is 3.32. The molecule has 1 aliphatic heterocycles. The Morgan fingerprint density at radius 1 is 1.07 bits per heavy atom. The van der Waals surface area contributed by atoms with E-state index in [9.17, 15) is 4.79 Å². The quantitative estimate of drug-likeness (QED) is 0.593. The van der Waals surface area contributed by atoms with E-state index in [1.165, 1.54) is 12.8 Å². The molecule has 1 aliphatic carbocycles. The normalized spacial score (nSPS) is 17.7. The molecule has 0 saturated carbocycles. The Balaban J connectivity index is 1.53. The minimum atomic E-state index is 0.0591. The minimum Gasteiger partial charge on any atom is -0.494 e. The second-order valence-electron chi connectivity index (χ2n) is 7.35. The largest absolute Gasteiger partial charge is 0.494 e. The van der Waals surface area contributed by atoms with Crippen molar-refractivity contribution in [2.45, 2.75) is 45.1 Å². The Labute approximate surface area is 160 Å². The molecule has 4 heteroatoms. The second-order valence-corrected chi connectivity index (χ2v) is 7.35. The Morgan fingerprint density at radius 3 is 2.81 bits per heavy atom. The molecule has 0 radical (unpaired) electrons. The van der Waals surface area contributed by atoms with Crippen molar-refractivity contribution in [3.05, 3.63) is 47.5 Å². The van der Waals surface area contributed by atoms with Crippen LogP contribution < -0.4 is 14.8 Å². The van der Waals surface area contributed by atoms with Crippen molar-refractivity contribution < 1.29 is 14.3 Å². The van der Waals surface area contributed by atoms with Gasteiger partial charge in [-0.1, -0.05) is 25.5 Å². The van der Waals surface area contributed by atoms with E-state index in [-0.39, 0.29) is 5.78 Å². The third-order valence-electron chi connectivity index (χ3n) is 5.43. The van der Waals surface area contributed by atoms with Gasteiger partial charge in [0.1, 0.15) is 11.5 Å². The highest BCUT2D eigenvalue weighted by Crippen LogP contribution is 2.43. The van der Waals surface area contributed by atoms with Crippen LogP contribution in [0.15, 0.2) is 36.4 Å². The van der Waals surface area contributed by atoms with Gasteiger partial charge >= 0.3 is 0 Å². The summed E-state index contributed by atoms with van der Waals surface area (Å²) in [6.07, 6.45) is 5.56. The topological polar surface area (TPSA) is 47.6 Å². The maximum Gasteiger partial charge on any atom is 0.194 e. The highest BCUT2D eigenvalue weighted by molar-refractivity contribution is 6.22. The zero-order valence-electron chi connectivity index (χ0n) is 15.9. The van der Waals surface area contributed by atoms with Crippen LogP contribution in [0.1, 0.15) is 54.9 Å². The molecule has 4 nitrogen and oxygen atoms in total. The number of benzene rings is 2. The van der Waals surface area contributed by atoms with Crippen molar-refractivity contribution in [1.82, 2.24) is 5.32 Å². The van der Waals surface area contributed by atoms with Crippen molar-refractivity contribution in [3.63, 3.8) is 0 Å². The summed E-state index contributed by atoms with van der Waals surface area (Å²) >= 11 is 0. The van der Waals surface area contributed by atoms with Gasteiger partial charge in [-0.15, -0.1) is 0 Å². The molecule has 1 atom stereocenters. The van der Waals surface area contributed by atoms with Crippen LogP contribution in [-0.4, -0.2) is 31.6 Å². The van der Waals surface area contributed by atoms with Crippen LogP contribution in [0.2, 0.25) is 0 Å². The number of fused-ring (bicyclic) bond motifs is 3. The summed E-state index contributed by atoms with van der Waals surface area (Å²) in [6, 6.07) is 12.1. The predicted molar refractivity (Wildman–Crippen MR) is 107 cm³/mol. The lowest BCUT2D eigenvalue weighted by Crippen LogP contribution is -2.23. The number of hydrogen-bond donors (Lipinski definition) is 1. The third-order valence-corrected chi connectivity index (χ3v) is 5.43. The lowest BCUT2D eigenvalue weighted by molar-refractivity contribution is 0.104. The van der Waals surface area contributed by atoms with Gasteiger partial charge in [-0.25, -0.2) is 0 Å². The van der Waals surface area contributed by atoms with Gasteiger partial charge in [0.2, 0.25) is 0 Å². The van der Waals surface area contributed by atoms with E-state index in [1.807, 2.05) is 36.4 Å². The van der Waals surface area contributed by atoms with Gasteiger partial charge in [-0.05, 0) is 62.1 Å². The number of ketones is 1. The zero-order valence-corrected chi connectivity index (χ0v) is 15.9. The van der Waals surface area contributed by atoms with Crippen LogP contribution in [0.3, 0.4) is 0 Å². The van der Waals surface area contributed by atoms with Crippen molar-refractivity contribution in [1.29, 1.82) is 0 Å². The molecule has 1 saturated heterocycles. The van der Waals surface area contributed by atoms with E-state index in [4.69, 9.17) is 9.47 Å². The molecule has 1 fully saturated rings. The van der Waals surface area contributed by atoms with E-state index in [0.29, 0.717) is 24.8 Å². The lowest BCUT2D eigenvalue weighted by atomic mass is 10.0. The molecule has 1 unspecified atom stereocenters. The van der Waals surface area contributed by atoms with Crippen molar-refractivity contribution in [2.75, 3.05) is 19.8 Å². The standard InChI is InChI=1S/C23H27NO3/c1-2-3-13-26-17-9-10-18-20(15-17)23(25)19-7-4-8-21(22(18)19)27-14-11-16-6-5-12-24-16/h4,7-10,15-16,24H,2-3,5-6,11-14H2,1H3. The van der Waals surface area contributed by atoms with Gasteiger partial charge in [-0.3, -0.25) is 4.79 Å². The molecule has 1 N–H and O–H groups in total. The first-order chi connectivity index (χ1) is 13.3. The summed E-state index contributed by atoms with van der Waals surface area (Å²) in [4.78, 5) is 12.9. The summed E-state index contributed by atoms with van der Waals surface area (Å²) in [7, 11) is 0. The Morgan fingerprint density at radius 2 is 2.00 bits per heavy atom. The van der Waals surface area contributed by atoms with Crippen LogP contribution in [-0.2, 0) is 0 Å². The van der Waals surface area contributed by atoms with Crippen molar-refractivity contribution in [3.8, 4) is 22.6 Å². The SMILES string of the molecule is CCCCOc1ccc2c(c1)C(=O)c1cccc(OCCC3CCCN3)c1-2. The van der Waals surface area contributed by atoms with E-state index < -0.39 is 0 Å². The summed E-state index contributed by atoms with van der Waals surface area (Å²) in [5, 5.41) is 3.50. The molecular formula is C23H27NO3. The molecule has 0 amide bonds. The summed E-state index contributed by atoms with van der Waals surface area (Å²) in [6.45, 7) is 4.59. The maximum atomic E-state index is 12.9. The number of ether oxygens (including phenoxy) is 2. The highest BCUT2D eigenvalue weighted by Gasteiger charge is 2.30. The fourth-order valence-corrected chi connectivity index (χ4v) is 3.93. The number of nitrogens with one attached hydrogen (secondary N) is 1. The molecule has 2 aromatic carbocycles. The van der Waals surface area contributed by atoms with Gasteiger partial charge in [0.25, 0.3) is 0 Å². The summed E-state index contributed by atoms with van der Waals surface area (Å²) in [5.74, 6) is 1.62. The van der Waals surface area contributed by atoms with Crippen LogP contribution in [0, 0.1) is 0 Å². The van der Waals surface area contributed by atoms with Gasteiger partial charge in [0.15, 0.2) is 5.78 Å². The van der Waals surface area contributed by atoms with Crippen LogP contribution in [0.4, 0.5) is 0 Å². The lowest BCUT2D eigenvalue weighted by Gasteiger charge is -2.14. The van der Waals surface area contributed by atoms with Crippen LogP contribution >= 0.6 is 0 Å². The average Bonchev–Trinajstić information content (AvgIpc) is 3.30. The van der Waals surface area contributed by atoms with Crippen LogP contribution in [0.5, 0.6) is 11.5 Å². The van der Waals surface area contributed by atoms with Gasteiger partial charge in [0.05, 0.1) is 13.2 Å². The van der Waals surface area contributed by atoms with E-state index in [0.717, 1.165) is 54.0 Å².